The van der Waals surface area contributed by atoms with E-state index in [-0.39, 0.29) is 5.41 Å². The van der Waals surface area contributed by atoms with E-state index in [2.05, 4.69) is 58.4 Å². The van der Waals surface area contributed by atoms with Gasteiger partial charge in [-0.15, -0.1) is 0 Å². The molecule has 142 valence electrons. The summed E-state index contributed by atoms with van der Waals surface area (Å²) in [6, 6.07) is 0. The van der Waals surface area contributed by atoms with Crippen LogP contribution < -0.4 is 10.6 Å². The van der Waals surface area contributed by atoms with E-state index in [4.69, 9.17) is 4.52 Å². The summed E-state index contributed by atoms with van der Waals surface area (Å²) in [6.45, 7) is 13.6. The van der Waals surface area contributed by atoms with Crippen molar-refractivity contribution in [3.63, 3.8) is 0 Å². The Bertz CT molecular complexity index is 540. The molecular weight excluding hydrogens is 316 g/mol. The van der Waals surface area contributed by atoms with Gasteiger partial charge in [0.25, 0.3) is 0 Å². The van der Waals surface area contributed by atoms with Crippen LogP contribution >= 0.6 is 0 Å². The number of aliphatic imine (C=N–C) groups is 1. The van der Waals surface area contributed by atoms with E-state index in [0.29, 0.717) is 18.3 Å². The van der Waals surface area contributed by atoms with E-state index in [1.54, 1.807) is 7.05 Å². The Morgan fingerprint density at radius 3 is 2.60 bits per heavy atom. The first-order valence-corrected chi connectivity index (χ1v) is 9.38. The lowest BCUT2D eigenvalue weighted by molar-refractivity contribution is 0.191. The molecule has 1 aliphatic heterocycles. The molecule has 0 radical (unpaired) electrons. The van der Waals surface area contributed by atoms with Gasteiger partial charge in [-0.25, -0.2) is 0 Å². The highest BCUT2D eigenvalue weighted by atomic mass is 16.5. The van der Waals surface area contributed by atoms with Crippen LogP contribution in [0.4, 0.5) is 0 Å². The van der Waals surface area contributed by atoms with Gasteiger partial charge in [-0.2, -0.15) is 4.98 Å². The van der Waals surface area contributed by atoms with E-state index in [1.807, 2.05) is 0 Å². The molecule has 2 heterocycles. The SMILES string of the molecule is CN=C(NCCCN1CCC(C)CC1)NCc1noc(C(C)(C)C)n1. The summed E-state index contributed by atoms with van der Waals surface area (Å²) in [5, 5.41) is 10.6. The van der Waals surface area contributed by atoms with Gasteiger partial charge in [-0.3, -0.25) is 4.99 Å². The highest BCUT2D eigenvalue weighted by Gasteiger charge is 2.21. The molecular formula is C18H34N6O. The molecule has 0 unspecified atom stereocenters. The van der Waals surface area contributed by atoms with Crippen LogP contribution in [0, 0.1) is 5.92 Å². The Labute approximate surface area is 151 Å². The van der Waals surface area contributed by atoms with Crippen LogP contribution in [0.1, 0.15) is 58.7 Å². The second-order valence-electron chi connectivity index (χ2n) is 8.00. The van der Waals surface area contributed by atoms with Crippen molar-refractivity contribution in [2.24, 2.45) is 10.9 Å². The number of likely N-dealkylation sites (tertiary alicyclic amines) is 1. The zero-order valence-electron chi connectivity index (χ0n) is 16.4. The summed E-state index contributed by atoms with van der Waals surface area (Å²) < 4.78 is 5.30. The van der Waals surface area contributed by atoms with E-state index >= 15 is 0 Å². The number of aromatic nitrogens is 2. The van der Waals surface area contributed by atoms with Gasteiger partial charge in [0.2, 0.25) is 5.89 Å². The third-order valence-corrected chi connectivity index (χ3v) is 4.57. The zero-order valence-corrected chi connectivity index (χ0v) is 16.4. The number of guanidine groups is 1. The second kappa shape index (κ2) is 9.17. The number of nitrogens with zero attached hydrogens (tertiary/aromatic N) is 4. The van der Waals surface area contributed by atoms with Crippen molar-refractivity contribution in [1.82, 2.24) is 25.7 Å². The molecule has 1 saturated heterocycles. The van der Waals surface area contributed by atoms with Crippen LogP contribution in [0.2, 0.25) is 0 Å². The Morgan fingerprint density at radius 2 is 2.00 bits per heavy atom. The quantitative estimate of drug-likeness (QED) is 0.465. The minimum atomic E-state index is -0.128. The van der Waals surface area contributed by atoms with Crippen molar-refractivity contribution in [2.45, 2.75) is 58.9 Å². The van der Waals surface area contributed by atoms with Gasteiger partial charge in [-0.1, -0.05) is 32.9 Å². The predicted molar refractivity (Wildman–Crippen MR) is 101 cm³/mol. The molecule has 1 aliphatic rings. The number of hydrogen-bond acceptors (Lipinski definition) is 5. The predicted octanol–water partition coefficient (Wildman–Crippen LogP) is 2.15. The second-order valence-corrected chi connectivity index (χ2v) is 8.00. The van der Waals surface area contributed by atoms with Crippen LogP contribution in [-0.4, -0.2) is 54.2 Å². The third kappa shape index (κ3) is 6.65. The Hall–Kier alpha value is -1.63. The lowest BCUT2D eigenvalue weighted by Gasteiger charge is -2.30. The van der Waals surface area contributed by atoms with Crippen LogP contribution in [-0.2, 0) is 12.0 Å². The number of piperidine rings is 1. The van der Waals surface area contributed by atoms with Gasteiger partial charge in [0.15, 0.2) is 11.8 Å². The summed E-state index contributed by atoms with van der Waals surface area (Å²) in [6.07, 6.45) is 3.78. The molecule has 0 aromatic carbocycles. The first-order valence-electron chi connectivity index (χ1n) is 9.38. The third-order valence-electron chi connectivity index (χ3n) is 4.57. The molecule has 0 atom stereocenters. The lowest BCUT2D eigenvalue weighted by Crippen LogP contribution is -2.39. The molecule has 1 aromatic heterocycles. The summed E-state index contributed by atoms with van der Waals surface area (Å²) >= 11 is 0. The fraction of sp³-hybridized carbons (Fsp3) is 0.833. The van der Waals surface area contributed by atoms with Crippen LogP contribution in [0.25, 0.3) is 0 Å². The maximum absolute atomic E-state index is 5.30. The molecule has 25 heavy (non-hydrogen) atoms. The highest BCUT2D eigenvalue weighted by molar-refractivity contribution is 5.79. The molecule has 0 aliphatic carbocycles. The topological polar surface area (TPSA) is 78.6 Å². The van der Waals surface area contributed by atoms with E-state index in [1.165, 1.54) is 25.9 Å². The first-order chi connectivity index (χ1) is 11.9. The molecule has 1 fully saturated rings. The molecule has 0 amide bonds. The molecule has 2 N–H and O–H groups in total. The van der Waals surface area contributed by atoms with Crippen LogP contribution in [0.3, 0.4) is 0 Å². The monoisotopic (exact) mass is 350 g/mol. The van der Waals surface area contributed by atoms with Crippen LogP contribution in [0.5, 0.6) is 0 Å². The van der Waals surface area contributed by atoms with Gasteiger partial charge in [-0.05, 0) is 44.8 Å². The normalized spacial score (nSPS) is 17.7. The summed E-state index contributed by atoms with van der Waals surface area (Å²) in [5.41, 5.74) is -0.128. The van der Waals surface area contributed by atoms with Crippen molar-refractivity contribution in [1.29, 1.82) is 0 Å². The molecule has 0 spiro atoms. The highest BCUT2D eigenvalue weighted by Crippen LogP contribution is 2.19. The Balaban J connectivity index is 1.64. The maximum Gasteiger partial charge on any atom is 0.232 e. The minimum Gasteiger partial charge on any atom is -0.356 e. The van der Waals surface area contributed by atoms with E-state index < -0.39 is 0 Å². The van der Waals surface area contributed by atoms with Gasteiger partial charge >= 0.3 is 0 Å². The largest absolute Gasteiger partial charge is 0.356 e. The summed E-state index contributed by atoms with van der Waals surface area (Å²) in [4.78, 5) is 11.2. The molecule has 0 saturated carbocycles. The van der Waals surface area contributed by atoms with Gasteiger partial charge in [0.1, 0.15) is 0 Å². The average molecular weight is 351 g/mol. The van der Waals surface area contributed by atoms with Crippen molar-refractivity contribution in [3.8, 4) is 0 Å². The van der Waals surface area contributed by atoms with E-state index in [9.17, 15) is 0 Å². The molecule has 7 nitrogen and oxygen atoms in total. The Morgan fingerprint density at radius 1 is 1.28 bits per heavy atom. The van der Waals surface area contributed by atoms with Gasteiger partial charge < -0.3 is 20.1 Å². The lowest BCUT2D eigenvalue weighted by atomic mass is 9.97. The molecule has 1 aromatic rings. The Kier molecular flexibility index (Phi) is 7.23. The smallest absolute Gasteiger partial charge is 0.232 e. The summed E-state index contributed by atoms with van der Waals surface area (Å²) in [5.74, 6) is 2.97. The van der Waals surface area contributed by atoms with Crippen molar-refractivity contribution >= 4 is 5.96 Å². The standard InChI is InChI=1S/C18H34N6O/c1-14-7-11-24(12-8-14)10-6-9-20-17(19-5)21-13-15-22-16(25-23-15)18(2,3)4/h14H,6-13H2,1-5H3,(H2,19,20,21). The van der Waals surface area contributed by atoms with Crippen molar-refractivity contribution < 1.29 is 4.52 Å². The fourth-order valence-corrected chi connectivity index (χ4v) is 2.81. The first kappa shape index (κ1) is 19.7. The zero-order chi connectivity index (χ0) is 18.3. The number of hydrogen-bond donors (Lipinski definition) is 2. The van der Waals surface area contributed by atoms with E-state index in [0.717, 1.165) is 31.4 Å². The number of rotatable bonds is 6. The van der Waals surface area contributed by atoms with Crippen LogP contribution in [0.15, 0.2) is 9.52 Å². The fourth-order valence-electron chi connectivity index (χ4n) is 2.81. The average Bonchev–Trinajstić information content (AvgIpc) is 3.05. The molecule has 0 bridgehead atoms. The molecule has 2 rings (SSSR count). The maximum atomic E-state index is 5.30. The van der Waals surface area contributed by atoms with Crippen molar-refractivity contribution in [3.05, 3.63) is 11.7 Å². The van der Waals surface area contributed by atoms with Gasteiger partial charge in [0, 0.05) is 19.0 Å². The van der Waals surface area contributed by atoms with Gasteiger partial charge in [0.05, 0.1) is 6.54 Å². The van der Waals surface area contributed by atoms with Crippen molar-refractivity contribution in [2.75, 3.05) is 33.2 Å². The molecule has 7 heteroatoms. The minimum absolute atomic E-state index is 0.128. The summed E-state index contributed by atoms with van der Waals surface area (Å²) in [7, 11) is 1.78. The number of nitrogens with one attached hydrogen (secondary N) is 2.